The lowest BCUT2D eigenvalue weighted by Gasteiger charge is -1.96. The Morgan fingerprint density at radius 3 is 2.42 bits per heavy atom. The first kappa shape index (κ1) is 8.65. The molecule has 0 unspecified atom stereocenters. The van der Waals surface area contributed by atoms with Gasteiger partial charge in [-0.3, -0.25) is 4.79 Å². The number of carbonyl (C=O) groups excluding carboxylic acids is 1. The molecule has 0 heterocycles. The molecule has 1 aromatic rings. The molecule has 1 rings (SSSR count). The van der Waals surface area contributed by atoms with Gasteiger partial charge < -0.3 is 0 Å². The summed E-state index contributed by atoms with van der Waals surface area (Å²) in [6.45, 7) is 2.63. The average molecular weight is 164 g/mol. The number of benzene rings is 1. The fraction of sp³-hybridized carbons (Fsp3) is 0.100. The highest BCUT2D eigenvalue weighted by atomic mass is 19.1. The molecule has 0 aliphatic heterocycles. The molecule has 2 heteroatoms. The van der Waals surface area contributed by atoms with Gasteiger partial charge in [0.2, 0.25) is 0 Å². The molecular weight excluding hydrogens is 155 g/mol. The first-order valence-electron chi connectivity index (χ1n) is 3.59. The summed E-state index contributed by atoms with van der Waals surface area (Å²) in [7, 11) is 0. The lowest BCUT2D eigenvalue weighted by atomic mass is 10.1. The van der Waals surface area contributed by atoms with Crippen LogP contribution in [0.25, 0.3) is 6.08 Å². The molecule has 0 aliphatic rings. The SMILES string of the molecule is C=Cc1ccc(C(=O)CF)cc1. The van der Waals surface area contributed by atoms with Crippen molar-refractivity contribution in [2.75, 3.05) is 6.67 Å². The van der Waals surface area contributed by atoms with Crippen molar-refractivity contribution in [1.82, 2.24) is 0 Å². The minimum atomic E-state index is -0.937. The minimum absolute atomic E-state index is 0.406. The fourth-order valence-corrected chi connectivity index (χ4v) is 0.882. The van der Waals surface area contributed by atoms with Crippen LogP contribution in [0.2, 0.25) is 0 Å². The summed E-state index contributed by atoms with van der Waals surface area (Å²) < 4.78 is 11.9. The van der Waals surface area contributed by atoms with Gasteiger partial charge in [-0.05, 0) is 5.56 Å². The van der Waals surface area contributed by atoms with Crippen LogP contribution in [0, 0.1) is 0 Å². The smallest absolute Gasteiger partial charge is 0.193 e. The van der Waals surface area contributed by atoms with Gasteiger partial charge in [0.1, 0.15) is 0 Å². The van der Waals surface area contributed by atoms with Gasteiger partial charge in [-0.15, -0.1) is 0 Å². The van der Waals surface area contributed by atoms with Crippen LogP contribution in [-0.2, 0) is 0 Å². The molecule has 0 spiro atoms. The molecule has 1 nitrogen and oxygen atoms in total. The standard InChI is InChI=1S/C10H9FO/c1-2-8-3-5-9(6-4-8)10(12)7-11/h2-6H,1,7H2. The number of hydrogen-bond donors (Lipinski definition) is 0. The van der Waals surface area contributed by atoms with E-state index in [-0.39, 0.29) is 0 Å². The maximum Gasteiger partial charge on any atom is 0.193 e. The topological polar surface area (TPSA) is 17.1 Å². The Bertz CT molecular complexity index is 287. The Labute approximate surface area is 70.5 Å². The summed E-state index contributed by atoms with van der Waals surface area (Å²) in [5.74, 6) is -0.481. The predicted molar refractivity (Wildman–Crippen MR) is 46.8 cm³/mol. The molecule has 0 fully saturated rings. The number of alkyl halides is 1. The maximum atomic E-state index is 11.9. The van der Waals surface area contributed by atoms with Crippen molar-refractivity contribution < 1.29 is 9.18 Å². The van der Waals surface area contributed by atoms with Crippen molar-refractivity contribution in [1.29, 1.82) is 0 Å². The second-order valence-electron chi connectivity index (χ2n) is 2.38. The Hall–Kier alpha value is -1.44. The summed E-state index contributed by atoms with van der Waals surface area (Å²) in [6.07, 6.45) is 1.67. The number of carbonyl (C=O) groups is 1. The van der Waals surface area contributed by atoms with Crippen molar-refractivity contribution in [3.05, 3.63) is 42.0 Å². The van der Waals surface area contributed by atoms with E-state index in [9.17, 15) is 9.18 Å². The molecule has 0 radical (unpaired) electrons. The van der Waals surface area contributed by atoms with Crippen LogP contribution in [-0.4, -0.2) is 12.5 Å². The molecule has 62 valence electrons. The first-order valence-corrected chi connectivity index (χ1v) is 3.59. The van der Waals surface area contributed by atoms with Gasteiger partial charge in [-0.1, -0.05) is 36.9 Å². The third kappa shape index (κ3) is 1.78. The van der Waals surface area contributed by atoms with Gasteiger partial charge in [0.15, 0.2) is 12.5 Å². The molecule has 0 bridgehead atoms. The summed E-state index contributed by atoms with van der Waals surface area (Å²) in [5.41, 5.74) is 1.33. The van der Waals surface area contributed by atoms with E-state index in [4.69, 9.17) is 0 Å². The second-order valence-corrected chi connectivity index (χ2v) is 2.38. The third-order valence-corrected chi connectivity index (χ3v) is 1.59. The third-order valence-electron chi connectivity index (χ3n) is 1.59. The highest BCUT2D eigenvalue weighted by Gasteiger charge is 2.02. The van der Waals surface area contributed by atoms with E-state index >= 15 is 0 Å². The van der Waals surface area contributed by atoms with E-state index in [1.807, 2.05) is 0 Å². The largest absolute Gasteiger partial charge is 0.291 e. The van der Waals surface area contributed by atoms with Gasteiger partial charge in [0, 0.05) is 5.56 Å². The van der Waals surface area contributed by atoms with E-state index in [0.717, 1.165) is 5.56 Å². The van der Waals surface area contributed by atoms with Crippen LogP contribution < -0.4 is 0 Å². The van der Waals surface area contributed by atoms with E-state index in [0.29, 0.717) is 5.56 Å². The minimum Gasteiger partial charge on any atom is -0.291 e. The first-order chi connectivity index (χ1) is 5.77. The van der Waals surface area contributed by atoms with Crippen LogP contribution in [0.4, 0.5) is 4.39 Å². The summed E-state index contributed by atoms with van der Waals surface area (Å²) >= 11 is 0. The van der Waals surface area contributed by atoms with Gasteiger partial charge in [-0.25, -0.2) is 4.39 Å². The van der Waals surface area contributed by atoms with E-state index < -0.39 is 12.5 Å². The number of halogens is 1. The van der Waals surface area contributed by atoms with Crippen molar-refractivity contribution in [2.24, 2.45) is 0 Å². The zero-order valence-corrected chi connectivity index (χ0v) is 6.59. The maximum absolute atomic E-state index is 11.9. The molecule has 0 aromatic heterocycles. The highest BCUT2D eigenvalue weighted by Crippen LogP contribution is 2.06. The van der Waals surface area contributed by atoms with Crippen molar-refractivity contribution in [2.45, 2.75) is 0 Å². The van der Waals surface area contributed by atoms with Gasteiger partial charge >= 0.3 is 0 Å². The van der Waals surface area contributed by atoms with Crippen LogP contribution >= 0.6 is 0 Å². The molecule has 0 N–H and O–H groups in total. The molecular formula is C10H9FO. The molecule has 12 heavy (non-hydrogen) atoms. The number of hydrogen-bond acceptors (Lipinski definition) is 1. The molecule has 0 saturated heterocycles. The summed E-state index contributed by atoms with van der Waals surface area (Å²) in [6, 6.07) is 6.66. The second kappa shape index (κ2) is 3.81. The normalized spacial score (nSPS) is 9.42. The van der Waals surface area contributed by atoms with Gasteiger partial charge in [-0.2, -0.15) is 0 Å². The zero-order valence-electron chi connectivity index (χ0n) is 6.59. The van der Waals surface area contributed by atoms with Crippen LogP contribution in [0.1, 0.15) is 15.9 Å². The average Bonchev–Trinajstić information content (AvgIpc) is 2.17. The molecule has 0 amide bonds. The Morgan fingerprint density at radius 1 is 1.42 bits per heavy atom. The number of ketones is 1. The van der Waals surface area contributed by atoms with Crippen LogP contribution in [0.5, 0.6) is 0 Å². The Kier molecular flexibility index (Phi) is 2.75. The van der Waals surface area contributed by atoms with Crippen molar-refractivity contribution in [3.8, 4) is 0 Å². The summed E-state index contributed by atoms with van der Waals surface area (Å²) in [5, 5.41) is 0. The van der Waals surface area contributed by atoms with Crippen LogP contribution in [0.15, 0.2) is 30.8 Å². The Morgan fingerprint density at radius 2 is 2.00 bits per heavy atom. The van der Waals surface area contributed by atoms with Crippen molar-refractivity contribution >= 4 is 11.9 Å². The van der Waals surface area contributed by atoms with Gasteiger partial charge in [0.05, 0.1) is 0 Å². The molecule has 0 aliphatic carbocycles. The zero-order chi connectivity index (χ0) is 8.97. The van der Waals surface area contributed by atoms with E-state index in [1.54, 1.807) is 30.3 Å². The monoisotopic (exact) mass is 164 g/mol. The number of Topliss-reactive ketones (excluding diaryl/α,β-unsaturated/α-hetero) is 1. The molecule has 0 atom stereocenters. The highest BCUT2D eigenvalue weighted by molar-refractivity contribution is 5.97. The fourth-order valence-electron chi connectivity index (χ4n) is 0.882. The lowest BCUT2D eigenvalue weighted by Crippen LogP contribution is -1.99. The Balaban J connectivity index is 2.91. The van der Waals surface area contributed by atoms with E-state index in [1.165, 1.54) is 0 Å². The van der Waals surface area contributed by atoms with Gasteiger partial charge in [0.25, 0.3) is 0 Å². The summed E-state index contributed by atoms with van der Waals surface area (Å²) in [4.78, 5) is 10.8. The van der Waals surface area contributed by atoms with Crippen LogP contribution in [0.3, 0.4) is 0 Å². The number of rotatable bonds is 3. The predicted octanol–water partition coefficient (Wildman–Crippen LogP) is 2.48. The van der Waals surface area contributed by atoms with E-state index in [2.05, 4.69) is 6.58 Å². The lowest BCUT2D eigenvalue weighted by molar-refractivity contribution is 0.0958. The molecule has 1 aromatic carbocycles. The quantitative estimate of drug-likeness (QED) is 0.627. The van der Waals surface area contributed by atoms with Crippen molar-refractivity contribution in [3.63, 3.8) is 0 Å². The molecule has 0 saturated carbocycles.